The molecule has 0 spiro atoms. The second kappa shape index (κ2) is 6.53. The zero-order valence-electron chi connectivity index (χ0n) is 13.4. The lowest BCUT2D eigenvalue weighted by Gasteiger charge is -2.15. The van der Waals surface area contributed by atoms with Crippen molar-refractivity contribution in [3.8, 4) is 5.69 Å². The highest BCUT2D eigenvalue weighted by atomic mass is 16.1. The van der Waals surface area contributed by atoms with Crippen molar-refractivity contribution >= 4 is 5.91 Å². The van der Waals surface area contributed by atoms with Crippen molar-refractivity contribution in [3.05, 3.63) is 89.7 Å². The Kier molecular flexibility index (Phi) is 4.29. The summed E-state index contributed by atoms with van der Waals surface area (Å²) in [5, 5.41) is 3.06. The minimum atomic E-state index is -0.0604. The third kappa shape index (κ3) is 3.34. The van der Waals surface area contributed by atoms with Gasteiger partial charge in [-0.25, -0.2) is 0 Å². The van der Waals surface area contributed by atoms with Crippen molar-refractivity contribution in [2.75, 3.05) is 0 Å². The fourth-order valence-electron chi connectivity index (χ4n) is 2.63. The van der Waals surface area contributed by atoms with Gasteiger partial charge in [-0.15, -0.1) is 0 Å². The molecule has 0 saturated carbocycles. The SMILES string of the molecule is Cc1ccc(C(=O)NC(C)c2ccccc2)cc1-n1cccc1. The second-order valence-electron chi connectivity index (χ2n) is 5.70. The predicted octanol–water partition coefficient (Wildman–Crippen LogP) is 4.28. The molecular formula is C20H20N2O. The highest BCUT2D eigenvalue weighted by Crippen LogP contribution is 2.18. The van der Waals surface area contributed by atoms with E-state index >= 15 is 0 Å². The summed E-state index contributed by atoms with van der Waals surface area (Å²) in [7, 11) is 0. The normalized spacial score (nSPS) is 11.9. The lowest BCUT2D eigenvalue weighted by molar-refractivity contribution is 0.0940. The van der Waals surface area contributed by atoms with Crippen molar-refractivity contribution in [2.24, 2.45) is 0 Å². The second-order valence-corrected chi connectivity index (χ2v) is 5.70. The van der Waals surface area contributed by atoms with E-state index in [4.69, 9.17) is 0 Å². The zero-order valence-corrected chi connectivity index (χ0v) is 13.4. The molecule has 0 aliphatic heterocycles. The highest BCUT2D eigenvalue weighted by Gasteiger charge is 2.12. The predicted molar refractivity (Wildman–Crippen MR) is 92.8 cm³/mol. The van der Waals surface area contributed by atoms with Crippen LogP contribution in [0.4, 0.5) is 0 Å². The number of nitrogens with one attached hydrogen (secondary N) is 1. The Morgan fingerprint density at radius 2 is 1.70 bits per heavy atom. The number of aryl methyl sites for hydroxylation is 1. The largest absolute Gasteiger partial charge is 0.346 e. The minimum absolute atomic E-state index is 0.0277. The molecule has 2 aromatic carbocycles. The van der Waals surface area contributed by atoms with Crippen LogP contribution in [0.15, 0.2) is 73.1 Å². The number of carbonyl (C=O) groups excluding carboxylic acids is 1. The Morgan fingerprint density at radius 1 is 1.00 bits per heavy atom. The van der Waals surface area contributed by atoms with Crippen molar-refractivity contribution < 1.29 is 4.79 Å². The van der Waals surface area contributed by atoms with Crippen LogP contribution in [0.2, 0.25) is 0 Å². The van der Waals surface area contributed by atoms with Gasteiger partial charge in [-0.1, -0.05) is 36.4 Å². The van der Waals surface area contributed by atoms with Crippen LogP contribution in [0.3, 0.4) is 0 Å². The lowest BCUT2D eigenvalue weighted by atomic mass is 10.1. The van der Waals surface area contributed by atoms with Gasteiger partial charge in [0.05, 0.1) is 6.04 Å². The molecule has 3 heteroatoms. The summed E-state index contributed by atoms with van der Waals surface area (Å²) in [6, 6.07) is 19.7. The van der Waals surface area contributed by atoms with Gasteiger partial charge in [0.2, 0.25) is 0 Å². The Morgan fingerprint density at radius 3 is 2.39 bits per heavy atom. The molecule has 116 valence electrons. The Hall–Kier alpha value is -2.81. The Labute approximate surface area is 136 Å². The van der Waals surface area contributed by atoms with Crippen molar-refractivity contribution in [1.82, 2.24) is 9.88 Å². The van der Waals surface area contributed by atoms with Crippen LogP contribution < -0.4 is 5.32 Å². The molecule has 3 nitrogen and oxygen atoms in total. The molecule has 1 atom stereocenters. The van der Waals surface area contributed by atoms with Crippen molar-refractivity contribution in [1.29, 1.82) is 0 Å². The Bertz CT molecular complexity index is 792. The van der Waals surface area contributed by atoms with E-state index in [0.29, 0.717) is 5.56 Å². The molecule has 1 N–H and O–H groups in total. The van der Waals surface area contributed by atoms with E-state index < -0.39 is 0 Å². The monoisotopic (exact) mass is 304 g/mol. The van der Waals surface area contributed by atoms with Gasteiger partial charge in [0.25, 0.3) is 5.91 Å². The molecule has 0 aliphatic rings. The molecular weight excluding hydrogens is 284 g/mol. The summed E-state index contributed by atoms with van der Waals surface area (Å²) >= 11 is 0. The molecule has 23 heavy (non-hydrogen) atoms. The summed E-state index contributed by atoms with van der Waals surface area (Å²) in [5.41, 5.74) is 3.92. The first-order chi connectivity index (χ1) is 11.1. The quantitative estimate of drug-likeness (QED) is 0.767. The van der Waals surface area contributed by atoms with Crippen LogP contribution in [-0.2, 0) is 0 Å². The topological polar surface area (TPSA) is 34.0 Å². The molecule has 1 amide bonds. The number of nitrogens with zero attached hydrogens (tertiary/aromatic N) is 1. The number of carbonyl (C=O) groups is 1. The molecule has 0 saturated heterocycles. The number of hydrogen-bond acceptors (Lipinski definition) is 1. The molecule has 0 bridgehead atoms. The maximum absolute atomic E-state index is 12.5. The van der Waals surface area contributed by atoms with Gasteiger partial charge in [0.1, 0.15) is 0 Å². The van der Waals surface area contributed by atoms with Crippen LogP contribution in [0, 0.1) is 6.92 Å². The van der Waals surface area contributed by atoms with E-state index in [1.54, 1.807) is 0 Å². The van der Waals surface area contributed by atoms with E-state index in [9.17, 15) is 4.79 Å². The number of rotatable bonds is 4. The smallest absolute Gasteiger partial charge is 0.251 e. The molecule has 1 unspecified atom stereocenters. The summed E-state index contributed by atoms with van der Waals surface area (Å²) in [6.45, 7) is 4.04. The number of aromatic nitrogens is 1. The van der Waals surface area contributed by atoms with Crippen LogP contribution >= 0.6 is 0 Å². The van der Waals surface area contributed by atoms with Crippen molar-refractivity contribution in [2.45, 2.75) is 19.9 Å². The highest BCUT2D eigenvalue weighted by molar-refractivity contribution is 5.95. The van der Waals surface area contributed by atoms with E-state index in [-0.39, 0.29) is 11.9 Å². The van der Waals surface area contributed by atoms with Gasteiger partial charge in [-0.2, -0.15) is 0 Å². The minimum Gasteiger partial charge on any atom is -0.346 e. The number of amides is 1. The van der Waals surface area contributed by atoms with Crippen LogP contribution in [0.1, 0.15) is 34.5 Å². The van der Waals surface area contributed by atoms with Crippen molar-refractivity contribution in [3.63, 3.8) is 0 Å². The van der Waals surface area contributed by atoms with E-state index in [1.807, 2.05) is 91.5 Å². The zero-order chi connectivity index (χ0) is 16.2. The van der Waals surface area contributed by atoms with Gasteiger partial charge in [-0.05, 0) is 49.2 Å². The number of hydrogen-bond donors (Lipinski definition) is 1. The summed E-state index contributed by atoms with van der Waals surface area (Å²) < 4.78 is 2.02. The molecule has 0 aliphatic carbocycles. The van der Waals surface area contributed by atoms with E-state index in [2.05, 4.69) is 5.32 Å². The first-order valence-electron chi connectivity index (χ1n) is 7.75. The summed E-state index contributed by atoms with van der Waals surface area (Å²) in [4.78, 5) is 12.5. The average molecular weight is 304 g/mol. The Balaban J connectivity index is 1.82. The third-order valence-electron chi connectivity index (χ3n) is 4.00. The maximum atomic E-state index is 12.5. The van der Waals surface area contributed by atoms with Gasteiger partial charge in [0.15, 0.2) is 0 Å². The van der Waals surface area contributed by atoms with Crippen LogP contribution in [0.5, 0.6) is 0 Å². The molecule has 1 heterocycles. The maximum Gasteiger partial charge on any atom is 0.251 e. The van der Waals surface area contributed by atoms with Gasteiger partial charge in [-0.3, -0.25) is 4.79 Å². The summed E-state index contributed by atoms with van der Waals surface area (Å²) in [6.07, 6.45) is 3.97. The first-order valence-corrected chi connectivity index (χ1v) is 7.75. The van der Waals surface area contributed by atoms with E-state index in [1.165, 1.54) is 0 Å². The molecule has 3 aromatic rings. The summed E-state index contributed by atoms with van der Waals surface area (Å²) in [5.74, 6) is -0.0604. The standard InChI is InChI=1S/C20H20N2O/c1-15-10-11-18(14-19(15)22-12-6-7-13-22)20(23)21-16(2)17-8-4-3-5-9-17/h3-14,16H,1-2H3,(H,21,23). The molecule has 1 aromatic heterocycles. The van der Waals surface area contributed by atoms with Crippen LogP contribution in [-0.4, -0.2) is 10.5 Å². The fourth-order valence-corrected chi connectivity index (χ4v) is 2.63. The van der Waals surface area contributed by atoms with Gasteiger partial charge >= 0.3 is 0 Å². The lowest BCUT2D eigenvalue weighted by Crippen LogP contribution is -2.26. The molecule has 0 radical (unpaired) electrons. The average Bonchev–Trinajstić information content (AvgIpc) is 3.10. The third-order valence-corrected chi connectivity index (χ3v) is 4.00. The fraction of sp³-hybridized carbons (Fsp3) is 0.150. The van der Waals surface area contributed by atoms with Gasteiger partial charge in [0, 0.05) is 23.6 Å². The number of benzene rings is 2. The van der Waals surface area contributed by atoms with Crippen LogP contribution in [0.25, 0.3) is 5.69 Å². The van der Waals surface area contributed by atoms with Gasteiger partial charge < -0.3 is 9.88 Å². The molecule has 0 fully saturated rings. The van der Waals surface area contributed by atoms with E-state index in [0.717, 1.165) is 16.8 Å². The molecule has 3 rings (SSSR count). The first kappa shape index (κ1) is 15.1.